The van der Waals surface area contributed by atoms with E-state index in [9.17, 15) is 9.70 Å². The number of amides is 1. The molecule has 1 aromatic carbocycles. The van der Waals surface area contributed by atoms with Gasteiger partial charge < -0.3 is 4.74 Å². The summed E-state index contributed by atoms with van der Waals surface area (Å²) in [4.78, 5) is 21.9. The summed E-state index contributed by atoms with van der Waals surface area (Å²) >= 11 is 0. The third kappa shape index (κ3) is 3.22. The topological polar surface area (TPSA) is 55.7 Å². The van der Waals surface area contributed by atoms with E-state index in [0.717, 1.165) is 23.5 Å². The minimum Gasteiger partial charge on any atom is -0.493 e. The van der Waals surface area contributed by atoms with Gasteiger partial charge in [-0.25, -0.2) is 0 Å². The standard InChI is InChI=1S/C22H27NO3/c1-16-12-22(16,14-20(24)23-25)18-4-6-19(7-5-18)26-15-17-8-11-21(13-17)9-2-3-10-21/h4-7,12,17H,2-3,8-11,13-15H2,1H3. The molecule has 0 saturated heterocycles. The van der Waals surface area contributed by atoms with Gasteiger partial charge in [-0.05, 0) is 68.1 Å². The predicted octanol–water partition coefficient (Wildman–Crippen LogP) is 5.31. The number of rotatable bonds is 6. The van der Waals surface area contributed by atoms with Crippen molar-refractivity contribution in [3.63, 3.8) is 0 Å². The fourth-order valence-electron chi connectivity index (χ4n) is 5.32. The Morgan fingerprint density at radius 1 is 1.19 bits per heavy atom. The van der Waals surface area contributed by atoms with Gasteiger partial charge in [-0.2, -0.15) is 0 Å². The normalized spacial score (nSPS) is 28.8. The Hall–Kier alpha value is -1.97. The molecule has 2 atom stereocenters. The fourth-order valence-corrected chi connectivity index (χ4v) is 5.32. The van der Waals surface area contributed by atoms with Crippen molar-refractivity contribution >= 4 is 5.91 Å². The molecular formula is C22H27NO3. The summed E-state index contributed by atoms with van der Waals surface area (Å²) in [5.74, 6) is 0.970. The molecule has 2 fully saturated rings. The van der Waals surface area contributed by atoms with Crippen LogP contribution in [0.5, 0.6) is 5.75 Å². The molecule has 26 heavy (non-hydrogen) atoms. The third-order valence-electron chi connectivity index (χ3n) is 6.94. The van der Waals surface area contributed by atoms with E-state index in [1.54, 1.807) is 0 Å². The number of benzene rings is 1. The average molecular weight is 353 g/mol. The first-order chi connectivity index (χ1) is 12.6. The molecular weight excluding hydrogens is 326 g/mol. The van der Waals surface area contributed by atoms with Crippen LogP contribution in [0, 0.1) is 16.2 Å². The molecule has 1 amide bonds. The second-order valence-corrected chi connectivity index (χ2v) is 8.61. The molecule has 4 rings (SSSR count). The lowest BCUT2D eigenvalue weighted by atomic mass is 9.84. The summed E-state index contributed by atoms with van der Waals surface area (Å²) < 4.78 is 6.06. The molecule has 0 heterocycles. The lowest BCUT2D eigenvalue weighted by molar-refractivity contribution is -0.118. The summed E-state index contributed by atoms with van der Waals surface area (Å²) in [6.45, 7) is 2.79. The van der Waals surface area contributed by atoms with E-state index in [1.807, 2.05) is 37.3 Å². The van der Waals surface area contributed by atoms with E-state index in [-0.39, 0.29) is 6.42 Å². The zero-order chi connectivity index (χ0) is 18.2. The zero-order valence-corrected chi connectivity index (χ0v) is 15.5. The lowest BCUT2D eigenvalue weighted by Gasteiger charge is -2.22. The first kappa shape index (κ1) is 17.4. The molecule has 2 saturated carbocycles. The fraction of sp³-hybridized carbons (Fsp3) is 0.591. The molecule has 2 unspecified atom stereocenters. The van der Waals surface area contributed by atoms with Crippen LogP contribution < -0.4 is 4.74 Å². The van der Waals surface area contributed by atoms with E-state index in [2.05, 4.69) is 5.18 Å². The summed E-state index contributed by atoms with van der Waals surface area (Å²) in [5.41, 5.74) is 2.39. The number of allylic oxidation sites excluding steroid dienone is 2. The molecule has 0 aliphatic heterocycles. The minimum atomic E-state index is -0.597. The van der Waals surface area contributed by atoms with Crippen LogP contribution in [-0.4, -0.2) is 12.5 Å². The Morgan fingerprint density at radius 3 is 2.50 bits per heavy atom. The first-order valence-corrected chi connectivity index (χ1v) is 9.85. The molecule has 0 radical (unpaired) electrons. The quantitative estimate of drug-likeness (QED) is 0.514. The van der Waals surface area contributed by atoms with Crippen molar-refractivity contribution in [3.8, 4) is 5.75 Å². The van der Waals surface area contributed by atoms with Crippen molar-refractivity contribution in [3.05, 3.63) is 46.4 Å². The Morgan fingerprint density at radius 2 is 1.88 bits per heavy atom. The second kappa shape index (κ2) is 6.64. The lowest BCUT2D eigenvalue weighted by Crippen LogP contribution is -2.16. The van der Waals surface area contributed by atoms with E-state index < -0.39 is 11.3 Å². The predicted molar refractivity (Wildman–Crippen MR) is 101 cm³/mol. The Bertz CT molecular complexity index is 730. The van der Waals surface area contributed by atoms with Gasteiger partial charge in [0.15, 0.2) is 0 Å². The van der Waals surface area contributed by atoms with Crippen molar-refractivity contribution in [1.82, 2.24) is 0 Å². The number of ether oxygens (including phenoxy) is 1. The number of hydrogen-bond donors (Lipinski definition) is 0. The highest BCUT2D eigenvalue weighted by atomic mass is 16.5. The summed E-state index contributed by atoms with van der Waals surface area (Å²) in [6.07, 6.45) is 11.8. The van der Waals surface area contributed by atoms with Gasteiger partial charge in [-0.3, -0.25) is 4.79 Å². The average Bonchev–Trinajstić information content (AvgIpc) is 3.03. The van der Waals surface area contributed by atoms with Crippen LogP contribution in [0.4, 0.5) is 0 Å². The van der Waals surface area contributed by atoms with Crippen LogP contribution >= 0.6 is 0 Å². The highest BCUT2D eigenvalue weighted by Crippen LogP contribution is 2.53. The molecule has 138 valence electrons. The molecule has 0 bridgehead atoms. The molecule has 0 aromatic heterocycles. The maximum Gasteiger partial charge on any atom is 0.287 e. The summed E-state index contributed by atoms with van der Waals surface area (Å²) in [6, 6.07) is 7.98. The molecule has 1 aromatic rings. The van der Waals surface area contributed by atoms with Crippen molar-refractivity contribution in [2.45, 2.75) is 63.7 Å². The Kier molecular flexibility index (Phi) is 4.45. The molecule has 1 spiro atoms. The summed E-state index contributed by atoms with van der Waals surface area (Å²) in [5, 5.41) is 2.55. The van der Waals surface area contributed by atoms with Gasteiger partial charge in [0, 0.05) is 17.0 Å². The van der Waals surface area contributed by atoms with E-state index >= 15 is 0 Å². The zero-order valence-electron chi connectivity index (χ0n) is 15.5. The van der Waals surface area contributed by atoms with Gasteiger partial charge in [0.25, 0.3) is 5.91 Å². The highest BCUT2D eigenvalue weighted by Gasteiger charge is 2.44. The van der Waals surface area contributed by atoms with Crippen LogP contribution in [0.2, 0.25) is 0 Å². The number of hydrogen-bond acceptors (Lipinski definition) is 3. The van der Waals surface area contributed by atoms with Crippen molar-refractivity contribution < 1.29 is 9.53 Å². The molecule has 3 aliphatic carbocycles. The van der Waals surface area contributed by atoms with Crippen LogP contribution in [0.25, 0.3) is 0 Å². The molecule has 4 nitrogen and oxygen atoms in total. The largest absolute Gasteiger partial charge is 0.493 e. The smallest absolute Gasteiger partial charge is 0.287 e. The SMILES string of the molecule is CC1=CC1(CC(=O)N=O)c1ccc(OCC2CCC3(CCCC3)C2)cc1. The minimum absolute atomic E-state index is 0.132. The van der Waals surface area contributed by atoms with Gasteiger partial charge in [0.2, 0.25) is 0 Å². The van der Waals surface area contributed by atoms with Crippen LogP contribution in [-0.2, 0) is 10.2 Å². The van der Waals surface area contributed by atoms with E-state index in [1.165, 1.54) is 44.9 Å². The summed E-state index contributed by atoms with van der Waals surface area (Å²) in [7, 11) is 0. The maximum absolute atomic E-state index is 11.5. The van der Waals surface area contributed by atoms with Gasteiger partial charge in [0.05, 0.1) is 6.61 Å². The maximum atomic E-state index is 11.5. The van der Waals surface area contributed by atoms with Gasteiger partial charge >= 0.3 is 0 Å². The Labute approximate surface area is 155 Å². The van der Waals surface area contributed by atoms with Crippen LogP contribution in [0.1, 0.15) is 63.9 Å². The van der Waals surface area contributed by atoms with Gasteiger partial charge in [-0.1, -0.05) is 36.6 Å². The highest BCUT2D eigenvalue weighted by molar-refractivity contribution is 5.81. The van der Waals surface area contributed by atoms with Crippen molar-refractivity contribution in [1.29, 1.82) is 0 Å². The third-order valence-corrected chi connectivity index (χ3v) is 6.94. The molecule has 3 aliphatic rings. The van der Waals surface area contributed by atoms with Gasteiger partial charge in [0.1, 0.15) is 5.75 Å². The van der Waals surface area contributed by atoms with Crippen LogP contribution in [0.15, 0.2) is 41.1 Å². The van der Waals surface area contributed by atoms with E-state index in [4.69, 9.17) is 4.74 Å². The number of carbonyl (C=O) groups excluding carboxylic acids is 1. The Balaban J connectivity index is 1.33. The number of carbonyl (C=O) groups is 1. The van der Waals surface area contributed by atoms with Gasteiger partial charge in [-0.15, -0.1) is 4.91 Å². The number of nitroso groups, excluding NO2 is 1. The van der Waals surface area contributed by atoms with Crippen LogP contribution in [0.3, 0.4) is 0 Å². The first-order valence-electron chi connectivity index (χ1n) is 9.85. The van der Waals surface area contributed by atoms with Crippen molar-refractivity contribution in [2.24, 2.45) is 16.5 Å². The molecule has 4 heteroatoms. The monoisotopic (exact) mass is 353 g/mol. The second-order valence-electron chi connectivity index (χ2n) is 8.61. The number of nitrogens with zero attached hydrogens (tertiary/aromatic N) is 1. The molecule has 0 N–H and O–H groups in total. The van der Waals surface area contributed by atoms with Crippen molar-refractivity contribution in [2.75, 3.05) is 6.61 Å². The van der Waals surface area contributed by atoms with E-state index in [0.29, 0.717) is 11.3 Å².